The Hall–Kier alpha value is -2.83. The summed E-state index contributed by atoms with van der Waals surface area (Å²) in [7, 11) is 2.00. The highest BCUT2D eigenvalue weighted by atomic mass is 19.1. The number of guanidine groups is 1. The van der Waals surface area contributed by atoms with Crippen LogP contribution in [0.4, 0.5) is 4.39 Å². The van der Waals surface area contributed by atoms with Crippen LogP contribution in [0.1, 0.15) is 43.3 Å². The molecule has 3 aromatic rings. The molecular formula is C22H31FN6. The maximum absolute atomic E-state index is 13.4. The van der Waals surface area contributed by atoms with Crippen LogP contribution in [-0.4, -0.2) is 33.8 Å². The Bertz CT molecular complexity index is 985. The summed E-state index contributed by atoms with van der Waals surface area (Å²) in [5.41, 5.74) is 5.59. The van der Waals surface area contributed by atoms with Gasteiger partial charge >= 0.3 is 0 Å². The van der Waals surface area contributed by atoms with Crippen LogP contribution in [0.3, 0.4) is 0 Å². The van der Waals surface area contributed by atoms with Crippen LogP contribution in [0.2, 0.25) is 0 Å². The van der Waals surface area contributed by atoms with E-state index in [2.05, 4.69) is 41.5 Å². The Morgan fingerprint density at radius 3 is 2.76 bits per heavy atom. The van der Waals surface area contributed by atoms with E-state index in [0.29, 0.717) is 6.54 Å². The maximum Gasteiger partial charge on any atom is 0.191 e. The van der Waals surface area contributed by atoms with Gasteiger partial charge in [-0.15, -0.1) is 0 Å². The Morgan fingerprint density at radius 1 is 1.21 bits per heavy atom. The van der Waals surface area contributed by atoms with Crippen molar-refractivity contribution in [3.05, 3.63) is 52.7 Å². The fourth-order valence-corrected chi connectivity index (χ4v) is 3.75. The minimum atomic E-state index is -0.223. The van der Waals surface area contributed by atoms with Gasteiger partial charge in [-0.25, -0.2) is 9.38 Å². The van der Waals surface area contributed by atoms with Crippen molar-refractivity contribution in [1.29, 1.82) is 0 Å². The maximum atomic E-state index is 13.4. The van der Waals surface area contributed by atoms with E-state index in [1.165, 1.54) is 23.4 Å². The Balaban J connectivity index is 1.67. The van der Waals surface area contributed by atoms with E-state index in [0.717, 1.165) is 60.5 Å². The van der Waals surface area contributed by atoms with E-state index < -0.39 is 0 Å². The molecule has 3 rings (SSSR count). The van der Waals surface area contributed by atoms with Gasteiger partial charge in [-0.05, 0) is 49.9 Å². The first kappa shape index (κ1) is 20.9. The molecule has 0 radical (unpaired) electrons. The first-order chi connectivity index (χ1) is 14.1. The largest absolute Gasteiger partial charge is 0.361 e. The molecule has 0 saturated carbocycles. The fourth-order valence-electron chi connectivity index (χ4n) is 3.75. The van der Waals surface area contributed by atoms with E-state index in [1.54, 1.807) is 0 Å². The van der Waals surface area contributed by atoms with Crippen molar-refractivity contribution in [1.82, 2.24) is 25.4 Å². The minimum Gasteiger partial charge on any atom is -0.361 e. The van der Waals surface area contributed by atoms with Crippen LogP contribution >= 0.6 is 0 Å². The van der Waals surface area contributed by atoms with Crippen molar-refractivity contribution >= 4 is 16.9 Å². The van der Waals surface area contributed by atoms with E-state index in [1.807, 2.05) is 24.0 Å². The normalized spacial score (nSPS) is 12.0. The van der Waals surface area contributed by atoms with Gasteiger partial charge in [0.25, 0.3) is 0 Å². The van der Waals surface area contributed by atoms with Gasteiger partial charge in [0.1, 0.15) is 5.82 Å². The lowest BCUT2D eigenvalue weighted by Crippen LogP contribution is -2.38. The fraction of sp³-hybridized carbons (Fsp3) is 0.455. The second kappa shape index (κ2) is 9.58. The molecule has 2 heterocycles. The van der Waals surface area contributed by atoms with Crippen LogP contribution in [0.25, 0.3) is 10.9 Å². The number of nitrogens with zero attached hydrogens (tertiary/aromatic N) is 3. The molecule has 3 N–H and O–H groups in total. The summed E-state index contributed by atoms with van der Waals surface area (Å²) < 4.78 is 15.3. The zero-order valence-corrected chi connectivity index (χ0v) is 17.8. The zero-order valence-electron chi connectivity index (χ0n) is 17.8. The number of aromatic amines is 1. The van der Waals surface area contributed by atoms with Gasteiger partial charge in [-0.2, -0.15) is 5.10 Å². The summed E-state index contributed by atoms with van der Waals surface area (Å²) in [6.45, 7) is 8.50. The number of hydrogen-bond donors (Lipinski definition) is 3. The summed E-state index contributed by atoms with van der Waals surface area (Å²) in [5, 5.41) is 12.4. The molecule has 1 aromatic carbocycles. The molecular weight excluding hydrogens is 367 g/mol. The van der Waals surface area contributed by atoms with E-state index in [-0.39, 0.29) is 5.82 Å². The molecule has 0 atom stereocenters. The standard InChI is InChI=1S/C22H31FN6/c1-5-19-18(21(6-2)29(4)28-19)14-27-22(24-7-3)25-11-10-15-13-26-20-12-16(23)8-9-17(15)20/h8-9,12-13,26H,5-7,10-11,14H2,1-4H3,(H2,24,25,27). The Morgan fingerprint density at radius 2 is 2.03 bits per heavy atom. The highest BCUT2D eigenvalue weighted by Gasteiger charge is 2.13. The van der Waals surface area contributed by atoms with Gasteiger partial charge in [0.05, 0.1) is 12.2 Å². The number of aliphatic imine (C=N–C) groups is 1. The molecule has 29 heavy (non-hydrogen) atoms. The third-order valence-corrected chi connectivity index (χ3v) is 5.18. The number of fused-ring (bicyclic) bond motifs is 1. The molecule has 6 nitrogen and oxygen atoms in total. The van der Waals surface area contributed by atoms with E-state index in [4.69, 9.17) is 4.99 Å². The molecule has 0 fully saturated rings. The van der Waals surface area contributed by atoms with Crippen molar-refractivity contribution in [2.45, 2.75) is 46.6 Å². The van der Waals surface area contributed by atoms with E-state index in [9.17, 15) is 4.39 Å². The minimum absolute atomic E-state index is 0.223. The van der Waals surface area contributed by atoms with Gasteiger partial charge in [-0.3, -0.25) is 4.68 Å². The molecule has 2 aromatic heterocycles. The van der Waals surface area contributed by atoms with Crippen molar-refractivity contribution < 1.29 is 4.39 Å². The summed E-state index contributed by atoms with van der Waals surface area (Å²) in [5.74, 6) is 0.574. The number of halogens is 1. The zero-order chi connectivity index (χ0) is 20.8. The second-order valence-corrected chi connectivity index (χ2v) is 7.08. The second-order valence-electron chi connectivity index (χ2n) is 7.08. The molecule has 156 valence electrons. The summed E-state index contributed by atoms with van der Waals surface area (Å²) in [4.78, 5) is 7.93. The lowest BCUT2D eigenvalue weighted by Gasteiger charge is -2.11. The number of H-pyrrole nitrogens is 1. The first-order valence-electron chi connectivity index (χ1n) is 10.4. The molecule has 0 aliphatic heterocycles. The number of benzene rings is 1. The third-order valence-electron chi connectivity index (χ3n) is 5.18. The van der Waals surface area contributed by atoms with Crippen LogP contribution in [0.15, 0.2) is 29.4 Å². The van der Waals surface area contributed by atoms with Crippen LogP contribution in [-0.2, 0) is 32.9 Å². The molecule has 0 unspecified atom stereocenters. The lowest BCUT2D eigenvalue weighted by molar-refractivity contribution is 0.629. The number of rotatable bonds is 8. The Labute approximate surface area is 171 Å². The molecule has 0 saturated heterocycles. The van der Waals surface area contributed by atoms with Gasteiger partial charge in [-0.1, -0.05) is 13.8 Å². The third kappa shape index (κ3) is 4.78. The monoisotopic (exact) mass is 398 g/mol. The van der Waals surface area contributed by atoms with Crippen molar-refractivity contribution in [3.63, 3.8) is 0 Å². The average molecular weight is 399 g/mol. The van der Waals surface area contributed by atoms with Crippen LogP contribution in [0, 0.1) is 5.82 Å². The number of aryl methyl sites for hydroxylation is 2. The molecule has 0 spiro atoms. The molecule has 0 amide bonds. The van der Waals surface area contributed by atoms with Crippen molar-refractivity contribution in [2.75, 3.05) is 13.1 Å². The van der Waals surface area contributed by atoms with Gasteiger partial charge in [0, 0.05) is 48.5 Å². The molecule has 0 aliphatic rings. The van der Waals surface area contributed by atoms with E-state index >= 15 is 0 Å². The quantitative estimate of drug-likeness (QED) is 0.402. The van der Waals surface area contributed by atoms with Gasteiger partial charge in [0.15, 0.2) is 5.96 Å². The van der Waals surface area contributed by atoms with Gasteiger partial charge in [0.2, 0.25) is 0 Å². The first-order valence-corrected chi connectivity index (χ1v) is 10.4. The summed E-state index contributed by atoms with van der Waals surface area (Å²) in [6, 6.07) is 4.86. The lowest BCUT2D eigenvalue weighted by atomic mass is 10.1. The molecule has 0 bridgehead atoms. The highest BCUT2D eigenvalue weighted by Crippen LogP contribution is 2.19. The smallest absolute Gasteiger partial charge is 0.191 e. The predicted octanol–water partition coefficient (Wildman–Crippen LogP) is 3.46. The van der Waals surface area contributed by atoms with Crippen molar-refractivity contribution in [2.24, 2.45) is 12.0 Å². The van der Waals surface area contributed by atoms with Crippen LogP contribution in [0.5, 0.6) is 0 Å². The highest BCUT2D eigenvalue weighted by molar-refractivity contribution is 5.83. The molecule has 0 aliphatic carbocycles. The molecule has 7 heteroatoms. The Kier molecular flexibility index (Phi) is 6.90. The summed E-state index contributed by atoms with van der Waals surface area (Å²) >= 11 is 0. The number of aromatic nitrogens is 3. The van der Waals surface area contributed by atoms with Crippen LogP contribution < -0.4 is 10.6 Å². The van der Waals surface area contributed by atoms with Crippen molar-refractivity contribution in [3.8, 4) is 0 Å². The summed E-state index contributed by atoms with van der Waals surface area (Å²) in [6.07, 6.45) is 4.62. The van der Waals surface area contributed by atoms with Gasteiger partial charge < -0.3 is 15.6 Å². The number of hydrogen-bond acceptors (Lipinski definition) is 2. The topological polar surface area (TPSA) is 70.0 Å². The average Bonchev–Trinajstić information content (AvgIpc) is 3.25. The SMILES string of the molecule is CCNC(=NCc1c(CC)nn(C)c1CC)NCCc1c[nH]c2cc(F)ccc12. The number of nitrogens with one attached hydrogen (secondary N) is 3. The predicted molar refractivity (Wildman–Crippen MR) is 117 cm³/mol.